The molecule has 4 aromatic rings. The number of thioether (sulfide) groups is 1. The molecule has 1 amide bonds. The predicted molar refractivity (Wildman–Crippen MR) is 139 cm³/mol. The minimum atomic E-state index is -0.283. The lowest BCUT2D eigenvalue weighted by atomic mass is 10.2. The second-order valence-corrected chi connectivity index (χ2v) is 9.53. The molecule has 4 rings (SSSR count). The summed E-state index contributed by atoms with van der Waals surface area (Å²) in [4.78, 5) is 12.6. The number of amides is 1. The Morgan fingerprint density at radius 1 is 0.971 bits per heavy atom. The lowest BCUT2D eigenvalue weighted by molar-refractivity contribution is -0.113. The summed E-state index contributed by atoms with van der Waals surface area (Å²) in [5.74, 6) is 0.845. The Balaban J connectivity index is 1.68. The minimum absolute atomic E-state index is 0.0461. The maximum absolute atomic E-state index is 12.6. The highest BCUT2D eigenvalue weighted by molar-refractivity contribution is 7.99. The summed E-state index contributed by atoms with van der Waals surface area (Å²) in [5, 5.41) is 13.7. The molecule has 0 fully saturated rings. The molecule has 0 saturated carbocycles. The molecule has 1 N–H and O–H groups in total. The molecule has 0 bridgehead atoms. The van der Waals surface area contributed by atoms with Crippen molar-refractivity contribution in [3.63, 3.8) is 0 Å². The second kappa shape index (κ2) is 10.9. The largest absolute Gasteiger partial charge is 0.495 e. The van der Waals surface area contributed by atoms with Gasteiger partial charge in [-0.2, -0.15) is 0 Å². The molecule has 0 atom stereocenters. The first-order valence-corrected chi connectivity index (χ1v) is 12.3. The van der Waals surface area contributed by atoms with E-state index in [1.54, 1.807) is 48.1 Å². The van der Waals surface area contributed by atoms with Gasteiger partial charge in [0.2, 0.25) is 5.91 Å². The number of anilines is 1. The van der Waals surface area contributed by atoms with Crippen LogP contribution < -0.4 is 10.1 Å². The maximum atomic E-state index is 12.6. The number of methoxy groups -OCH3 is 1. The molecule has 0 radical (unpaired) electrons. The van der Waals surface area contributed by atoms with Crippen molar-refractivity contribution < 1.29 is 9.53 Å². The minimum Gasteiger partial charge on any atom is -0.495 e. The fraction of sp³-hybridized carbons (Fsp3) is 0.0870. The van der Waals surface area contributed by atoms with Crippen molar-refractivity contribution in [1.29, 1.82) is 0 Å². The number of para-hydroxylation sites is 2. The number of hydrogen-bond acceptors (Lipinski definition) is 5. The van der Waals surface area contributed by atoms with Crippen LogP contribution in [0.3, 0.4) is 0 Å². The number of carbonyl (C=O) groups is 1. The van der Waals surface area contributed by atoms with Crippen LogP contribution in [0.5, 0.6) is 5.75 Å². The van der Waals surface area contributed by atoms with Gasteiger partial charge in [0.15, 0.2) is 11.0 Å². The van der Waals surface area contributed by atoms with Crippen molar-refractivity contribution in [2.75, 3.05) is 18.2 Å². The maximum Gasteiger partial charge on any atom is 0.234 e. The van der Waals surface area contributed by atoms with Crippen LogP contribution in [0, 0.1) is 0 Å². The van der Waals surface area contributed by atoms with E-state index in [4.69, 9.17) is 51.1 Å². The number of carbonyl (C=O) groups excluding carboxylic acids is 1. The third kappa shape index (κ3) is 5.45. The van der Waals surface area contributed by atoms with Gasteiger partial charge < -0.3 is 10.1 Å². The number of benzene rings is 3. The van der Waals surface area contributed by atoms with E-state index < -0.39 is 0 Å². The monoisotopic (exact) mass is 552 g/mol. The van der Waals surface area contributed by atoms with Crippen LogP contribution in [0.15, 0.2) is 65.8 Å². The first-order valence-electron chi connectivity index (χ1n) is 9.79. The highest BCUT2D eigenvalue weighted by Crippen LogP contribution is 2.36. The Labute approximate surface area is 220 Å². The van der Waals surface area contributed by atoms with E-state index in [0.717, 1.165) is 0 Å². The normalized spacial score (nSPS) is 10.9. The predicted octanol–water partition coefficient (Wildman–Crippen LogP) is 7.29. The van der Waals surface area contributed by atoms with Crippen LogP contribution in [0.25, 0.3) is 17.1 Å². The van der Waals surface area contributed by atoms with Crippen molar-refractivity contribution >= 4 is 69.8 Å². The standard InChI is InChI=1S/C23H16Cl4N4O2S/c1-33-20-5-3-2-4-19(20)31-22(15-8-6-13(24)10-17(15)27)29-30-23(31)34-12-21(32)28-18-11-14(25)7-9-16(18)26/h2-11H,12H2,1H3,(H,28,32). The number of nitrogens with zero attached hydrogens (tertiary/aromatic N) is 3. The molecule has 0 aliphatic rings. The lowest BCUT2D eigenvalue weighted by Gasteiger charge is -2.14. The quantitative estimate of drug-likeness (QED) is 0.243. The van der Waals surface area contributed by atoms with Gasteiger partial charge in [0, 0.05) is 15.6 Å². The first-order chi connectivity index (χ1) is 16.4. The molecule has 11 heteroatoms. The molecule has 174 valence electrons. The Morgan fingerprint density at radius 3 is 2.47 bits per heavy atom. The van der Waals surface area contributed by atoms with Crippen molar-refractivity contribution in [2.45, 2.75) is 5.16 Å². The number of ether oxygens (including phenoxy) is 1. The Bertz CT molecular complexity index is 1360. The fourth-order valence-electron chi connectivity index (χ4n) is 3.15. The molecule has 34 heavy (non-hydrogen) atoms. The summed E-state index contributed by atoms with van der Waals surface area (Å²) in [5.41, 5.74) is 1.75. The molecule has 6 nitrogen and oxygen atoms in total. The summed E-state index contributed by atoms with van der Waals surface area (Å²) in [6.07, 6.45) is 0. The topological polar surface area (TPSA) is 69.0 Å². The van der Waals surface area contributed by atoms with Gasteiger partial charge in [-0.15, -0.1) is 10.2 Å². The Morgan fingerprint density at radius 2 is 1.71 bits per heavy atom. The summed E-state index contributed by atoms with van der Waals surface area (Å²) in [7, 11) is 1.58. The molecule has 0 unspecified atom stereocenters. The van der Waals surface area contributed by atoms with Crippen LogP contribution in [0.4, 0.5) is 5.69 Å². The SMILES string of the molecule is COc1ccccc1-n1c(SCC(=O)Nc2cc(Cl)ccc2Cl)nnc1-c1ccc(Cl)cc1Cl. The lowest BCUT2D eigenvalue weighted by Crippen LogP contribution is -2.15. The zero-order valence-electron chi connectivity index (χ0n) is 17.6. The smallest absolute Gasteiger partial charge is 0.234 e. The number of halogens is 4. The summed E-state index contributed by atoms with van der Waals surface area (Å²) in [6, 6.07) is 17.4. The van der Waals surface area contributed by atoms with E-state index >= 15 is 0 Å². The molecule has 0 saturated heterocycles. The molecule has 0 spiro atoms. The van der Waals surface area contributed by atoms with Gasteiger partial charge in [-0.1, -0.05) is 70.3 Å². The second-order valence-electron chi connectivity index (χ2n) is 6.90. The van der Waals surface area contributed by atoms with E-state index in [9.17, 15) is 4.79 Å². The number of rotatable bonds is 7. The van der Waals surface area contributed by atoms with Crippen LogP contribution in [0.1, 0.15) is 0 Å². The van der Waals surface area contributed by atoms with Gasteiger partial charge in [-0.25, -0.2) is 0 Å². The molecular formula is C23H16Cl4N4O2S. The Kier molecular flexibility index (Phi) is 7.91. The highest BCUT2D eigenvalue weighted by Gasteiger charge is 2.21. The van der Waals surface area contributed by atoms with Gasteiger partial charge in [0.1, 0.15) is 5.75 Å². The van der Waals surface area contributed by atoms with Crippen LogP contribution in [-0.4, -0.2) is 33.5 Å². The van der Waals surface area contributed by atoms with E-state index in [1.165, 1.54) is 11.8 Å². The van der Waals surface area contributed by atoms with E-state index in [1.807, 2.05) is 24.3 Å². The van der Waals surface area contributed by atoms with Gasteiger partial charge in [-0.3, -0.25) is 9.36 Å². The summed E-state index contributed by atoms with van der Waals surface area (Å²) >= 11 is 25.9. The van der Waals surface area contributed by atoms with Gasteiger partial charge in [0.25, 0.3) is 0 Å². The number of aromatic nitrogens is 3. The van der Waals surface area contributed by atoms with Gasteiger partial charge in [0.05, 0.1) is 34.3 Å². The Hall–Kier alpha value is -2.42. The van der Waals surface area contributed by atoms with Crippen LogP contribution in [0.2, 0.25) is 20.1 Å². The first kappa shape index (κ1) is 24.7. The van der Waals surface area contributed by atoms with Crippen molar-refractivity contribution in [3.8, 4) is 22.8 Å². The number of hydrogen-bond donors (Lipinski definition) is 1. The molecule has 0 aliphatic carbocycles. The summed E-state index contributed by atoms with van der Waals surface area (Å²) in [6.45, 7) is 0. The average molecular weight is 554 g/mol. The molecule has 0 aliphatic heterocycles. The average Bonchev–Trinajstić information content (AvgIpc) is 3.23. The van der Waals surface area contributed by atoms with Gasteiger partial charge >= 0.3 is 0 Å². The molecule has 1 heterocycles. The van der Waals surface area contributed by atoms with Crippen molar-refractivity contribution in [1.82, 2.24) is 14.8 Å². The summed E-state index contributed by atoms with van der Waals surface area (Å²) < 4.78 is 7.34. The third-order valence-corrected chi connectivity index (χ3v) is 6.71. The molecule has 3 aromatic carbocycles. The van der Waals surface area contributed by atoms with Crippen molar-refractivity contribution in [2.24, 2.45) is 0 Å². The third-order valence-electron chi connectivity index (χ3n) is 4.67. The van der Waals surface area contributed by atoms with Crippen LogP contribution >= 0.6 is 58.2 Å². The van der Waals surface area contributed by atoms with E-state index in [0.29, 0.717) is 53.8 Å². The van der Waals surface area contributed by atoms with E-state index in [2.05, 4.69) is 15.5 Å². The molecular weight excluding hydrogens is 538 g/mol. The molecule has 1 aromatic heterocycles. The number of nitrogens with one attached hydrogen (secondary N) is 1. The highest BCUT2D eigenvalue weighted by atomic mass is 35.5. The van der Waals surface area contributed by atoms with Crippen molar-refractivity contribution in [3.05, 3.63) is 80.8 Å². The van der Waals surface area contributed by atoms with E-state index in [-0.39, 0.29) is 11.7 Å². The fourth-order valence-corrected chi connectivity index (χ4v) is 4.72. The van der Waals surface area contributed by atoms with Gasteiger partial charge in [-0.05, 0) is 48.5 Å². The zero-order valence-corrected chi connectivity index (χ0v) is 21.4. The zero-order chi connectivity index (χ0) is 24.2. The van der Waals surface area contributed by atoms with Crippen LogP contribution in [-0.2, 0) is 4.79 Å².